The molecule has 0 atom stereocenters. The molecule has 2 aromatic rings. The summed E-state index contributed by atoms with van der Waals surface area (Å²) in [5.41, 5.74) is 1.31. The Morgan fingerprint density at radius 2 is 1.70 bits per heavy atom. The van der Waals surface area contributed by atoms with E-state index in [0.29, 0.717) is 17.2 Å². The second-order valence-electron chi connectivity index (χ2n) is 6.03. The minimum atomic E-state index is -3.79. The van der Waals surface area contributed by atoms with E-state index in [0.717, 1.165) is 31.9 Å². The Bertz CT molecular complexity index is 915. The van der Waals surface area contributed by atoms with Crippen LogP contribution in [0.4, 0.5) is 11.4 Å². The third kappa shape index (κ3) is 4.40. The maximum absolute atomic E-state index is 12.7. The number of sulfonamides is 1. The van der Waals surface area contributed by atoms with Gasteiger partial charge >= 0.3 is 0 Å². The van der Waals surface area contributed by atoms with Crippen LogP contribution in [0.1, 0.15) is 0 Å². The number of halogens is 1. The molecule has 1 aliphatic rings. The van der Waals surface area contributed by atoms with Crippen LogP contribution in [0.5, 0.6) is 11.5 Å². The maximum atomic E-state index is 12.7. The summed E-state index contributed by atoms with van der Waals surface area (Å²) in [5.74, 6) is 1.12. The Labute approximate surface area is 164 Å². The monoisotopic (exact) mass is 411 g/mol. The van der Waals surface area contributed by atoms with Crippen molar-refractivity contribution in [1.29, 1.82) is 0 Å². The van der Waals surface area contributed by atoms with Gasteiger partial charge in [-0.3, -0.25) is 4.72 Å². The van der Waals surface area contributed by atoms with Gasteiger partial charge in [-0.1, -0.05) is 11.6 Å². The molecule has 1 saturated heterocycles. The summed E-state index contributed by atoms with van der Waals surface area (Å²) in [6.45, 7) is 3.37. The van der Waals surface area contributed by atoms with Crippen molar-refractivity contribution in [3.63, 3.8) is 0 Å². The van der Waals surface area contributed by atoms with Crippen LogP contribution in [0, 0.1) is 0 Å². The van der Waals surface area contributed by atoms with Crippen LogP contribution < -0.4 is 24.4 Å². The summed E-state index contributed by atoms with van der Waals surface area (Å²) in [4.78, 5) is 2.23. The van der Waals surface area contributed by atoms with Crippen molar-refractivity contribution in [2.24, 2.45) is 0 Å². The van der Waals surface area contributed by atoms with Crippen molar-refractivity contribution >= 4 is 33.0 Å². The van der Waals surface area contributed by atoms with E-state index in [1.807, 2.05) is 0 Å². The predicted molar refractivity (Wildman–Crippen MR) is 107 cm³/mol. The van der Waals surface area contributed by atoms with Gasteiger partial charge in [-0.25, -0.2) is 8.42 Å². The Balaban J connectivity index is 1.89. The van der Waals surface area contributed by atoms with Crippen molar-refractivity contribution in [1.82, 2.24) is 5.32 Å². The summed E-state index contributed by atoms with van der Waals surface area (Å²) >= 11 is 6.06. The SMILES string of the molecule is COc1ccc(S(=O)(=O)Nc2ccc(OC)c(N3CCNCC3)c2)cc1Cl. The number of benzene rings is 2. The first kappa shape index (κ1) is 19.6. The van der Waals surface area contributed by atoms with Crippen LogP contribution in [0.2, 0.25) is 5.02 Å². The molecule has 146 valence electrons. The van der Waals surface area contributed by atoms with Crippen LogP contribution >= 0.6 is 11.6 Å². The lowest BCUT2D eigenvalue weighted by Crippen LogP contribution is -2.43. The molecular weight excluding hydrogens is 390 g/mol. The zero-order chi connectivity index (χ0) is 19.4. The number of ether oxygens (including phenoxy) is 2. The molecule has 3 rings (SSSR count). The molecule has 0 bridgehead atoms. The summed E-state index contributed by atoms with van der Waals surface area (Å²) in [5, 5.41) is 3.53. The molecule has 0 aliphatic carbocycles. The predicted octanol–water partition coefficient (Wildman–Crippen LogP) is 2.57. The third-order valence-electron chi connectivity index (χ3n) is 4.32. The molecule has 0 amide bonds. The Morgan fingerprint density at radius 3 is 2.33 bits per heavy atom. The number of nitrogens with zero attached hydrogens (tertiary/aromatic N) is 1. The van der Waals surface area contributed by atoms with E-state index in [2.05, 4.69) is 14.9 Å². The van der Waals surface area contributed by atoms with Gasteiger partial charge in [0.2, 0.25) is 0 Å². The highest BCUT2D eigenvalue weighted by molar-refractivity contribution is 7.92. The van der Waals surface area contributed by atoms with E-state index in [1.54, 1.807) is 25.3 Å². The molecule has 7 nitrogen and oxygen atoms in total. The lowest BCUT2D eigenvalue weighted by Gasteiger charge is -2.31. The van der Waals surface area contributed by atoms with Crippen LogP contribution in [-0.4, -0.2) is 48.8 Å². The summed E-state index contributed by atoms with van der Waals surface area (Å²) < 4.78 is 38.6. The summed E-state index contributed by atoms with van der Waals surface area (Å²) in [7, 11) is -0.713. The minimum Gasteiger partial charge on any atom is -0.495 e. The molecule has 1 aliphatic heterocycles. The van der Waals surface area contributed by atoms with E-state index >= 15 is 0 Å². The topological polar surface area (TPSA) is 79.9 Å². The molecule has 0 unspecified atom stereocenters. The summed E-state index contributed by atoms with van der Waals surface area (Å²) in [6, 6.07) is 9.56. The molecule has 1 fully saturated rings. The van der Waals surface area contributed by atoms with Crippen LogP contribution in [0.15, 0.2) is 41.3 Å². The van der Waals surface area contributed by atoms with Crippen molar-refractivity contribution in [2.75, 3.05) is 50.0 Å². The normalized spacial score (nSPS) is 14.7. The number of hydrogen-bond acceptors (Lipinski definition) is 6. The van der Waals surface area contributed by atoms with E-state index in [4.69, 9.17) is 21.1 Å². The molecule has 27 heavy (non-hydrogen) atoms. The highest BCUT2D eigenvalue weighted by Crippen LogP contribution is 2.33. The van der Waals surface area contributed by atoms with E-state index in [9.17, 15) is 8.42 Å². The Kier molecular flexibility index (Phi) is 5.98. The van der Waals surface area contributed by atoms with Gasteiger partial charge in [0.05, 0.1) is 35.5 Å². The van der Waals surface area contributed by atoms with E-state index in [1.165, 1.54) is 25.3 Å². The fourth-order valence-corrected chi connectivity index (χ4v) is 4.33. The fourth-order valence-electron chi connectivity index (χ4n) is 2.93. The number of methoxy groups -OCH3 is 2. The van der Waals surface area contributed by atoms with Crippen molar-refractivity contribution in [2.45, 2.75) is 4.90 Å². The van der Waals surface area contributed by atoms with Crippen LogP contribution in [-0.2, 0) is 10.0 Å². The molecule has 2 aromatic carbocycles. The van der Waals surface area contributed by atoms with Gasteiger partial charge in [-0.2, -0.15) is 0 Å². The molecule has 2 N–H and O–H groups in total. The first-order valence-corrected chi connectivity index (χ1v) is 10.3. The van der Waals surface area contributed by atoms with Gasteiger partial charge in [0.25, 0.3) is 10.0 Å². The number of piperazine rings is 1. The fraction of sp³-hybridized carbons (Fsp3) is 0.333. The van der Waals surface area contributed by atoms with Gasteiger partial charge in [-0.15, -0.1) is 0 Å². The van der Waals surface area contributed by atoms with Crippen molar-refractivity contribution in [3.8, 4) is 11.5 Å². The first-order valence-electron chi connectivity index (χ1n) is 8.44. The van der Waals surface area contributed by atoms with Crippen LogP contribution in [0.3, 0.4) is 0 Å². The largest absolute Gasteiger partial charge is 0.495 e. The second kappa shape index (κ2) is 8.24. The third-order valence-corrected chi connectivity index (χ3v) is 6.00. The quantitative estimate of drug-likeness (QED) is 0.760. The Morgan fingerprint density at radius 1 is 1.04 bits per heavy atom. The maximum Gasteiger partial charge on any atom is 0.261 e. The summed E-state index contributed by atoms with van der Waals surface area (Å²) in [6.07, 6.45) is 0. The number of rotatable bonds is 6. The van der Waals surface area contributed by atoms with Gasteiger partial charge in [0.15, 0.2) is 0 Å². The number of nitrogens with one attached hydrogen (secondary N) is 2. The zero-order valence-corrected chi connectivity index (χ0v) is 16.7. The number of anilines is 2. The molecule has 0 radical (unpaired) electrons. The lowest BCUT2D eigenvalue weighted by molar-refractivity contribution is 0.413. The molecule has 9 heteroatoms. The smallest absolute Gasteiger partial charge is 0.261 e. The van der Waals surface area contributed by atoms with Gasteiger partial charge in [0, 0.05) is 26.2 Å². The van der Waals surface area contributed by atoms with Gasteiger partial charge in [0.1, 0.15) is 11.5 Å². The highest BCUT2D eigenvalue weighted by atomic mass is 35.5. The zero-order valence-electron chi connectivity index (χ0n) is 15.2. The molecular formula is C18H22ClN3O4S. The molecule has 0 spiro atoms. The number of hydrogen-bond donors (Lipinski definition) is 2. The van der Waals surface area contributed by atoms with E-state index < -0.39 is 10.0 Å². The highest BCUT2D eigenvalue weighted by Gasteiger charge is 2.19. The molecule has 0 saturated carbocycles. The first-order chi connectivity index (χ1) is 12.9. The van der Waals surface area contributed by atoms with Crippen molar-refractivity contribution in [3.05, 3.63) is 41.4 Å². The molecule has 0 aromatic heterocycles. The average molecular weight is 412 g/mol. The minimum absolute atomic E-state index is 0.0628. The van der Waals surface area contributed by atoms with Gasteiger partial charge in [-0.05, 0) is 36.4 Å². The lowest BCUT2D eigenvalue weighted by atomic mass is 10.2. The van der Waals surface area contributed by atoms with Crippen LogP contribution in [0.25, 0.3) is 0 Å². The molecule has 1 heterocycles. The van der Waals surface area contributed by atoms with Gasteiger partial charge < -0.3 is 19.7 Å². The Hall–Kier alpha value is -2.16. The van der Waals surface area contributed by atoms with Crippen molar-refractivity contribution < 1.29 is 17.9 Å². The van der Waals surface area contributed by atoms with E-state index in [-0.39, 0.29) is 9.92 Å². The second-order valence-corrected chi connectivity index (χ2v) is 8.12. The average Bonchev–Trinajstić information content (AvgIpc) is 2.68. The standard InChI is InChI=1S/C18H22ClN3O4S/c1-25-17-6-4-14(12-15(17)19)27(23,24)21-13-3-5-18(26-2)16(11-13)22-9-7-20-8-10-22/h3-6,11-12,20-21H,7-10H2,1-2H3.